The van der Waals surface area contributed by atoms with Crippen molar-refractivity contribution in [1.29, 1.82) is 0 Å². The van der Waals surface area contributed by atoms with E-state index in [1.54, 1.807) is 10.9 Å². The molecule has 1 amide bonds. The number of benzene rings is 1. The summed E-state index contributed by atoms with van der Waals surface area (Å²) in [5.41, 5.74) is 7.58. The monoisotopic (exact) mass is 272 g/mol. The minimum absolute atomic E-state index is 0.0437. The van der Waals surface area contributed by atoms with Gasteiger partial charge in [0.05, 0.1) is 5.69 Å². The molecule has 106 valence electrons. The smallest absolute Gasteiger partial charge is 0.225 e. The van der Waals surface area contributed by atoms with Gasteiger partial charge in [-0.25, -0.2) is 4.68 Å². The third kappa shape index (κ3) is 3.93. The van der Waals surface area contributed by atoms with Gasteiger partial charge in [-0.2, -0.15) is 5.10 Å². The van der Waals surface area contributed by atoms with Gasteiger partial charge in [-0.3, -0.25) is 4.79 Å². The van der Waals surface area contributed by atoms with Crippen molar-refractivity contribution in [3.63, 3.8) is 0 Å². The quantitative estimate of drug-likeness (QED) is 0.847. The van der Waals surface area contributed by atoms with E-state index < -0.39 is 0 Å². The molecular formula is C15H20N4O. The summed E-state index contributed by atoms with van der Waals surface area (Å²) in [4.78, 5) is 11.8. The van der Waals surface area contributed by atoms with Crippen molar-refractivity contribution in [1.82, 2.24) is 9.78 Å². The van der Waals surface area contributed by atoms with Crippen LogP contribution in [0.3, 0.4) is 0 Å². The number of nitrogens with one attached hydrogen (secondary N) is 1. The molecule has 20 heavy (non-hydrogen) atoms. The van der Waals surface area contributed by atoms with E-state index in [1.807, 2.05) is 36.5 Å². The van der Waals surface area contributed by atoms with Crippen LogP contribution in [0.2, 0.25) is 0 Å². The van der Waals surface area contributed by atoms with Gasteiger partial charge in [0.1, 0.15) is 0 Å². The molecule has 0 radical (unpaired) electrons. The summed E-state index contributed by atoms with van der Waals surface area (Å²) in [6.07, 6.45) is 5.82. The number of hydrogen-bond acceptors (Lipinski definition) is 3. The first-order chi connectivity index (χ1) is 9.69. The maximum atomic E-state index is 11.8. The van der Waals surface area contributed by atoms with E-state index in [2.05, 4.69) is 17.3 Å². The molecule has 1 aromatic heterocycles. The molecule has 0 aliphatic carbocycles. The first kappa shape index (κ1) is 14.3. The minimum atomic E-state index is -0.0663. The Balaban J connectivity index is 1.92. The van der Waals surface area contributed by atoms with Crippen LogP contribution in [0.4, 0.5) is 5.69 Å². The van der Waals surface area contributed by atoms with Crippen LogP contribution in [0.5, 0.6) is 0 Å². The molecular weight excluding hydrogens is 252 g/mol. The Morgan fingerprint density at radius 3 is 2.75 bits per heavy atom. The van der Waals surface area contributed by atoms with Gasteiger partial charge in [0.2, 0.25) is 5.91 Å². The number of anilines is 1. The molecule has 1 aromatic carbocycles. The molecule has 0 aliphatic rings. The zero-order valence-electron chi connectivity index (χ0n) is 11.6. The molecule has 0 saturated carbocycles. The Bertz CT molecular complexity index is 534. The highest BCUT2D eigenvalue weighted by atomic mass is 16.1. The fourth-order valence-corrected chi connectivity index (χ4v) is 2.04. The summed E-state index contributed by atoms with van der Waals surface area (Å²) < 4.78 is 1.77. The molecule has 2 rings (SSSR count). The van der Waals surface area contributed by atoms with Gasteiger partial charge in [0.25, 0.3) is 0 Å². The van der Waals surface area contributed by atoms with Gasteiger partial charge >= 0.3 is 0 Å². The summed E-state index contributed by atoms with van der Waals surface area (Å²) >= 11 is 0. The number of aromatic nitrogens is 2. The average Bonchev–Trinajstić information content (AvgIpc) is 2.93. The van der Waals surface area contributed by atoms with Gasteiger partial charge in [-0.15, -0.1) is 0 Å². The number of carbonyl (C=O) groups excluding carboxylic acids is 1. The van der Waals surface area contributed by atoms with Crippen molar-refractivity contribution in [3.05, 3.63) is 42.7 Å². The molecule has 0 fully saturated rings. The number of hydrogen-bond donors (Lipinski definition) is 2. The molecule has 3 N–H and O–H groups in total. The van der Waals surface area contributed by atoms with Crippen molar-refractivity contribution in [2.45, 2.75) is 32.2 Å². The minimum Gasteiger partial charge on any atom is -0.327 e. The molecule has 0 spiro atoms. The van der Waals surface area contributed by atoms with Crippen LogP contribution in [-0.4, -0.2) is 21.7 Å². The summed E-state index contributed by atoms with van der Waals surface area (Å²) in [6.45, 7) is 2.06. The Hall–Kier alpha value is -2.14. The number of rotatable bonds is 6. The van der Waals surface area contributed by atoms with E-state index in [4.69, 9.17) is 5.73 Å². The molecule has 5 heteroatoms. The fourth-order valence-electron chi connectivity index (χ4n) is 2.04. The summed E-state index contributed by atoms with van der Waals surface area (Å²) in [6, 6.07) is 9.34. The van der Waals surface area contributed by atoms with Gasteiger partial charge in [-0.1, -0.05) is 13.3 Å². The third-order valence-corrected chi connectivity index (χ3v) is 3.03. The average molecular weight is 272 g/mol. The van der Waals surface area contributed by atoms with Crippen molar-refractivity contribution in [3.8, 4) is 5.69 Å². The van der Waals surface area contributed by atoms with E-state index in [-0.39, 0.29) is 11.9 Å². The zero-order valence-corrected chi connectivity index (χ0v) is 11.6. The second-order valence-corrected chi connectivity index (χ2v) is 4.80. The van der Waals surface area contributed by atoms with Crippen molar-refractivity contribution in [2.24, 2.45) is 5.73 Å². The summed E-state index contributed by atoms with van der Waals surface area (Å²) in [7, 11) is 0. The highest BCUT2D eigenvalue weighted by Crippen LogP contribution is 2.13. The van der Waals surface area contributed by atoms with E-state index in [0.29, 0.717) is 6.42 Å². The zero-order chi connectivity index (χ0) is 14.4. The molecule has 0 saturated heterocycles. The Kier molecular flexibility index (Phi) is 4.90. The largest absolute Gasteiger partial charge is 0.327 e. The van der Waals surface area contributed by atoms with E-state index >= 15 is 0 Å². The second kappa shape index (κ2) is 6.86. The standard InChI is InChI=1S/C15H20N4O/c1-2-4-12(16)11-15(20)18-13-5-7-14(8-6-13)19-10-3-9-17-19/h3,5-10,12H,2,4,11,16H2,1H3,(H,18,20). The number of nitrogens with zero attached hydrogens (tertiary/aromatic N) is 2. The Labute approximate surface area is 118 Å². The maximum absolute atomic E-state index is 11.8. The lowest BCUT2D eigenvalue weighted by Gasteiger charge is -2.11. The van der Waals surface area contributed by atoms with Crippen LogP contribution in [-0.2, 0) is 4.79 Å². The Morgan fingerprint density at radius 1 is 1.40 bits per heavy atom. The van der Waals surface area contributed by atoms with E-state index in [1.165, 1.54) is 0 Å². The number of carbonyl (C=O) groups is 1. The predicted octanol–water partition coefficient (Wildman–Crippen LogP) is 2.33. The lowest BCUT2D eigenvalue weighted by atomic mass is 10.1. The highest BCUT2D eigenvalue weighted by Gasteiger charge is 2.08. The topological polar surface area (TPSA) is 72.9 Å². The lowest BCUT2D eigenvalue weighted by Crippen LogP contribution is -2.26. The van der Waals surface area contributed by atoms with E-state index in [9.17, 15) is 4.79 Å². The molecule has 5 nitrogen and oxygen atoms in total. The molecule has 2 aromatic rings. The third-order valence-electron chi connectivity index (χ3n) is 3.03. The maximum Gasteiger partial charge on any atom is 0.225 e. The van der Waals surface area contributed by atoms with Crippen LogP contribution in [0.25, 0.3) is 5.69 Å². The van der Waals surface area contributed by atoms with Gasteiger partial charge in [-0.05, 0) is 36.8 Å². The lowest BCUT2D eigenvalue weighted by molar-refractivity contribution is -0.116. The summed E-state index contributed by atoms with van der Waals surface area (Å²) in [5.74, 6) is -0.0437. The van der Waals surface area contributed by atoms with Crippen LogP contribution >= 0.6 is 0 Å². The highest BCUT2D eigenvalue weighted by molar-refractivity contribution is 5.91. The molecule has 1 unspecified atom stereocenters. The van der Waals surface area contributed by atoms with Crippen LogP contribution < -0.4 is 11.1 Å². The molecule has 0 bridgehead atoms. The van der Waals surface area contributed by atoms with Gasteiger partial charge < -0.3 is 11.1 Å². The first-order valence-corrected chi connectivity index (χ1v) is 6.84. The fraction of sp³-hybridized carbons (Fsp3) is 0.333. The predicted molar refractivity (Wildman–Crippen MR) is 79.7 cm³/mol. The van der Waals surface area contributed by atoms with Gasteiger partial charge in [0, 0.05) is 30.5 Å². The molecule has 1 atom stereocenters. The Morgan fingerprint density at radius 2 is 2.15 bits per heavy atom. The van der Waals surface area contributed by atoms with E-state index in [0.717, 1.165) is 24.2 Å². The van der Waals surface area contributed by atoms with Crippen LogP contribution in [0.1, 0.15) is 26.2 Å². The molecule has 1 heterocycles. The number of nitrogens with two attached hydrogens (primary N) is 1. The van der Waals surface area contributed by atoms with Gasteiger partial charge in [0.15, 0.2) is 0 Å². The SMILES string of the molecule is CCCC(N)CC(=O)Nc1ccc(-n2cccn2)cc1. The number of amides is 1. The molecule has 0 aliphatic heterocycles. The normalized spacial score (nSPS) is 12.1. The van der Waals surface area contributed by atoms with Crippen LogP contribution in [0, 0.1) is 0 Å². The van der Waals surface area contributed by atoms with Crippen molar-refractivity contribution in [2.75, 3.05) is 5.32 Å². The first-order valence-electron chi connectivity index (χ1n) is 6.84. The summed E-state index contributed by atoms with van der Waals surface area (Å²) in [5, 5.41) is 7.00. The second-order valence-electron chi connectivity index (χ2n) is 4.80. The van der Waals surface area contributed by atoms with Crippen LogP contribution in [0.15, 0.2) is 42.7 Å². The van der Waals surface area contributed by atoms with Crippen molar-refractivity contribution < 1.29 is 4.79 Å². The van der Waals surface area contributed by atoms with Crippen molar-refractivity contribution >= 4 is 11.6 Å².